The Morgan fingerprint density at radius 2 is 2.00 bits per heavy atom. The highest BCUT2D eigenvalue weighted by Crippen LogP contribution is 2.23. The van der Waals surface area contributed by atoms with Gasteiger partial charge in [-0.05, 0) is 37.6 Å². The molecule has 2 atom stereocenters. The fourth-order valence-electron chi connectivity index (χ4n) is 2.50. The highest BCUT2D eigenvalue weighted by atomic mass is 16.3. The van der Waals surface area contributed by atoms with Crippen LogP contribution in [0.5, 0.6) is 0 Å². The van der Waals surface area contributed by atoms with E-state index in [4.69, 9.17) is 0 Å². The third-order valence-electron chi connectivity index (χ3n) is 3.44. The first-order valence-electron chi connectivity index (χ1n) is 6.04. The Balaban J connectivity index is 1.94. The summed E-state index contributed by atoms with van der Waals surface area (Å²) in [6.07, 6.45) is 7.96. The summed E-state index contributed by atoms with van der Waals surface area (Å²) in [5, 5.41) is 9.96. The van der Waals surface area contributed by atoms with Crippen molar-refractivity contribution in [2.45, 2.75) is 44.4 Å². The normalized spacial score (nSPS) is 25.9. The largest absolute Gasteiger partial charge is 0.391 e. The highest BCUT2D eigenvalue weighted by Gasteiger charge is 2.26. The minimum Gasteiger partial charge on any atom is -0.391 e. The van der Waals surface area contributed by atoms with Crippen LogP contribution in [0.25, 0.3) is 0 Å². The van der Waals surface area contributed by atoms with Crippen molar-refractivity contribution in [3.05, 3.63) is 30.1 Å². The summed E-state index contributed by atoms with van der Waals surface area (Å²) in [5.74, 6) is 0. The van der Waals surface area contributed by atoms with Crippen LogP contribution in [0.4, 0.5) is 0 Å². The van der Waals surface area contributed by atoms with E-state index in [9.17, 15) is 5.11 Å². The van der Waals surface area contributed by atoms with E-state index in [1.54, 1.807) is 0 Å². The van der Waals surface area contributed by atoms with Gasteiger partial charge < -0.3 is 5.11 Å². The van der Waals surface area contributed by atoms with Gasteiger partial charge in [-0.15, -0.1) is 0 Å². The van der Waals surface area contributed by atoms with Gasteiger partial charge in [0.15, 0.2) is 0 Å². The predicted octanol–water partition coefficient (Wildman–Crippen LogP) is 1.82. The Morgan fingerprint density at radius 1 is 1.31 bits per heavy atom. The molecule has 1 aromatic heterocycles. The molecule has 1 heterocycles. The minimum atomic E-state index is -0.152. The molecule has 1 aliphatic carbocycles. The van der Waals surface area contributed by atoms with Crippen LogP contribution in [0, 0.1) is 0 Å². The van der Waals surface area contributed by atoms with Crippen LogP contribution in [0.3, 0.4) is 0 Å². The van der Waals surface area contributed by atoms with Crippen LogP contribution in [-0.4, -0.2) is 34.2 Å². The van der Waals surface area contributed by atoms with Crippen LogP contribution in [-0.2, 0) is 6.54 Å². The van der Waals surface area contributed by atoms with E-state index < -0.39 is 0 Å². The molecule has 3 nitrogen and oxygen atoms in total. The van der Waals surface area contributed by atoms with Gasteiger partial charge in [-0.2, -0.15) is 0 Å². The van der Waals surface area contributed by atoms with Gasteiger partial charge in [0.1, 0.15) is 0 Å². The minimum absolute atomic E-state index is 0.152. The van der Waals surface area contributed by atoms with Gasteiger partial charge in [0.05, 0.1) is 6.10 Å². The average molecular weight is 220 g/mol. The Kier molecular flexibility index (Phi) is 3.91. The molecule has 0 saturated heterocycles. The van der Waals surface area contributed by atoms with Crippen LogP contribution in [0.1, 0.15) is 31.2 Å². The lowest BCUT2D eigenvalue weighted by molar-refractivity contribution is 0.0288. The summed E-state index contributed by atoms with van der Waals surface area (Å²) in [5.41, 5.74) is 1.26. The van der Waals surface area contributed by atoms with Crippen molar-refractivity contribution >= 4 is 0 Å². The molecule has 1 saturated carbocycles. The zero-order chi connectivity index (χ0) is 11.4. The van der Waals surface area contributed by atoms with E-state index in [2.05, 4.69) is 16.9 Å². The molecular formula is C13H20N2O. The molecule has 88 valence electrons. The van der Waals surface area contributed by atoms with E-state index >= 15 is 0 Å². The number of aromatic nitrogens is 1. The van der Waals surface area contributed by atoms with Crippen LogP contribution < -0.4 is 0 Å². The number of hydrogen-bond acceptors (Lipinski definition) is 3. The molecule has 0 bridgehead atoms. The van der Waals surface area contributed by atoms with E-state index in [-0.39, 0.29) is 6.10 Å². The third-order valence-corrected chi connectivity index (χ3v) is 3.44. The van der Waals surface area contributed by atoms with Crippen molar-refractivity contribution in [2.24, 2.45) is 0 Å². The van der Waals surface area contributed by atoms with Gasteiger partial charge in [0.25, 0.3) is 0 Å². The first-order chi connectivity index (χ1) is 7.77. The molecule has 0 spiro atoms. The molecule has 16 heavy (non-hydrogen) atoms. The molecule has 1 N–H and O–H groups in total. The molecule has 0 amide bonds. The molecule has 2 unspecified atom stereocenters. The topological polar surface area (TPSA) is 36.4 Å². The number of rotatable bonds is 3. The summed E-state index contributed by atoms with van der Waals surface area (Å²) in [6.45, 7) is 0.893. The maximum Gasteiger partial charge on any atom is 0.0695 e. The molecular weight excluding hydrogens is 200 g/mol. The molecule has 2 rings (SSSR count). The third kappa shape index (κ3) is 2.80. The van der Waals surface area contributed by atoms with E-state index in [0.29, 0.717) is 6.04 Å². The lowest BCUT2D eigenvalue weighted by Gasteiger charge is -2.35. The van der Waals surface area contributed by atoms with Gasteiger partial charge in [0.2, 0.25) is 0 Å². The lowest BCUT2D eigenvalue weighted by Crippen LogP contribution is -2.42. The number of likely N-dealkylation sites (N-methyl/N-ethyl adjacent to an activating group) is 1. The van der Waals surface area contributed by atoms with Gasteiger partial charge in [-0.1, -0.05) is 12.8 Å². The maximum absolute atomic E-state index is 9.96. The van der Waals surface area contributed by atoms with Crippen LogP contribution in [0.15, 0.2) is 24.5 Å². The average Bonchev–Trinajstić information content (AvgIpc) is 2.31. The Labute approximate surface area is 97.1 Å². The number of pyridine rings is 1. The zero-order valence-electron chi connectivity index (χ0n) is 9.84. The van der Waals surface area contributed by atoms with Crippen LogP contribution >= 0.6 is 0 Å². The molecule has 0 radical (unpaired) electrons. The molecule has 1 aliphatic rings. The van der Waals surface area contributed by atoms with Crippen molar-refractivity contribution in [1.82, 2.24) is 9.88 Å². The molecule has 3 heteroatoms. The quantitative estimate of drug-likeness (QED) is 0.844. The second-order valence-corrected chi connectivity index (χ2v) is 4.69. The first kappa shape index (κ1) is 11.6. The van der Waals surface area contributed by atoms with Gasteiger partial charge >= 0.3 is 0 Å². The molecule has 0 aromatic carbocycles. The fraction of sp³-hybridized carbons (Fsp3) is 0.615. The standard InChI is InChI=1S/C13H20N2O/c1-15(10-11-6-8-14-9-7-11)12-4-2-3-5-13(12)16/h6-9,12-13,16H,2-5,10H2,1H3. The van der Waals surface area contributed by atoms with Crippen molar-refractivity contribution < 1.29 is 5.11 Å². The summed E-state index contributed by atoms with van der Waals surface area (Å²) < 4.78 is 0. The molecule has 0 aliphatic heterocycles. The molecule has 1 fully saturated rings. The maximum atomic E-state index is 9.96. The van der Waals surface area contributed by atoms with E-state index in [1.807, 2.05) is 24.5 Å². The van der Waals surface area contributed by atoms with Crippen molar-refractivity contribution in [1.29, 1.82) is 0 Å². The lowest BCUT2D eigenvalue weighted by atomic mass is 9.91. The van der Waals surface area contributed by atoms with Crippen molar-refractivity contribution in [3.63, 3.8) is 0 Å². The van der Waals surface area contributed by atoms with Crippen molar-refractivity contribution in [3.8, 4) is 0 Å². The van der Waals surface area contributed by atoms with Crippen molar-refractivity contribution in [2.75, 3.05) is 7.05 Å². The SMILES string of the molecule is CN(Cc1ccncc1)C1CCCCC1O. The van der Waals surface area contributed by atoms with E-state index in [1.165, 1.54) is 18.4 Å². The molecule has 1 aromatic rings. The van der Waals surface area contributed by atoms with E-state index in [0.717, 1.165) is 19.4 Å². The predicted molar refractivity (Wildman–Crippen MR) is 64.0 cm³/mol. The Hall–Kier alpha value is -0.930. The number of nitrogens with zero attached hydrogens (tertiary/aromatic N) is 2. The summed E-state index contributed by atoms with van der Waals surface area (Å²) in [6, 6.07) is 4.39. The Bertz CT molecular complexity index is 315. The van der Waals surface area contributed by atoms with Gasteiger partial charge in [-0.3, -0.25) is 9.88 Å². The zero-order valence-corrected chi connectivity index (χ0v) is 9.84. The highest BCUT2D eigenvalue weighted by molar-refractivity contribution is 5.09. The first-order valence-corrected chi connectivity index (χ1v) is 6.04. The van der Waals surface area contributed by atoms with Crippen LogP contribution in [0.2, 0.25) is 0 Å². The monoisotopic (exact) mass is 220 g/mol. The summed E-state index contributed by atoms with van der Waals surface area (Å²) >= 11 is 0. The second kappa shape index (κ2) is 5.41. The fourth-order valence-corrected chi connectivity index (χ4v) is 2.50. The second-order valence-electron chi connectivity index (χ2n) is 4.69. The Morgan fingerprint density at radius 3 is 2.69 bits per heavy atom. The number of hydrogen-bond donors (Lipinski definition) is 1. The van der Waals surface area contributed by atoms with Gasteiger partial charge in [-0.25, -0.2) is 0 Å². The number of aliphatic hydroxyl groups excluding tert-OH is 1. The van der Waals surface area contributed by atoms with Gasteiger partial charge in [0, 0.05) is 25.0 Å². The smallest absolute Gasteiger partial charge is 0.0695 e. The summed E-state index contributed by atoms with van der Waals surface area (Å²) in [4.78, 5) is 6.28. The number of aliphatic hydroxyl groups is 1. The summed E-state index contributed by atoms with van der Waals surface area (Å²) in [7, 11) is 2.10.